The van der Waals surface area contributed by atoms with Crippen LogP contribution in [-0.2, 0) is 42.7 Å². The number of amides is 1. The van der Waals surface area contributed by atoms with E-state index in [1.165, 1.54) is 6.92 Å². The molecule has 5 N–H and O–H groups in total. The number of hydrogen-bond acceptors (Lipinski definition) is 14. The Morgan fingerprint density at radius 2 is 1.60 bits per heavy atom. The lowest BCUT2D eigenvalue weighted by molar-refractivity contribution is -0.315. The number of aliphatic hydroxyl groups is 4. The summed E-state index contributed by atoms with van der Waals surface area (Å²) in [5.74, 6) is -3.65. The molecule has 58 heavy (non-hydrogen) atoms. The van der Waals surface area contributed by atoms with Crippen LogP contribution in [0.4, 0.5) is 0 Å². The van der Waals surface area contributed by atoms with Gasteiger partial charge in [0.15, 0.2) is 12.6 Å². The van der Waals surface area contributed by atoms with Crippen molar-refractivity contribution < 1.29 is 63.2 Å². The fourth-order valence-corrected chi connectivity index (χ4v) is 9.65. The average Bonchev–Trinajstić information content (AvgIpc) is 3.15. The third kappa shape index (κ3) is 11.7. The molecule has 0 aliphatic carbocycles. The molecule has 15 nitrogen and oxygen atoms in total. The van der Waals surface area contributed by atoms with Crippen molar-refractivity contribution in [3.63, 3.8) is 0 Å². The Hall–Kier alpha value is -1.50. The number of ether oxygens (including phenoxy) is 7. The van der Waals surface area contributed by atoms with Crippen LogP contribution < -0.4 is 5.32 Å². The van der Waals surface area contributed by atoms with E-state index in [1.54, 1.807) is 34.8 Å². The van der Waals surface area contributed by atoms with E-state index in [0.29, 0.717) is 19.3 Å². The first-order chi connectivity index (χ1) is 26.9. The Bertz CT molecular complexity index is 1290. The maximum atomic E-state index is 14.4. The highest BCUT2D eigenvalue weighted by molar-refractivity contribution is 5.73. The molecule has 15 heteroatoms. The number of rotatable bonds is 13. The van der Waals surface area contributed by atoms with Crippen molar-refractivity contribution in [2.45, 2.75) is 206 Å². The highest BCUT2D eigenvalue weighted by Gasteiger charge is 2.53. The minimum absolute atomic E-state index is 0.0223. The number of hydrogen-bond donors (Lipinski definition) is 5. The third-order valence-corrected chi connectivity index (χ3v) is 13.9. The number of nitrogens with one attached hydrogen (secondary N) is 1. The minimum atomic E-state index is -1.91. The predicted molar refractivity (Wildman–Crippen MR) is 217 cm³/mol. The van der Waals surface area contributed by atoms with Crippen molar-refractivity contribution >= 4 is 12.4 Å². The molecular formula is C43H80N2O13. The molecule has 0 radical (unpaired) electrons. The number of nitrogens with zero attached hydrogens (tertiary/aromatic N) is 1. The lowest BCUT2D eigenvalue weighted by atomic mass is 9.73. The zero-order valence-electron chi connectivity index (χ0n) is 38.0. The van der Waals surface area contributed by atoms with Crippen LogP contribution in [-0.4, -0.2) is 155 Å². The molecule has 3 aliphatic rings. The summed E-state index contributed by atoms with van der Waals surface area (Å²) >= 11 is 0. The second kappa shape index (κ2) is 21.0. The van der Waals surface area contributed by atoms with E-state index in [1.807, 2.05) is 41.7 Å². The van der Waals surface area contributed by atoms with Gasteiger partial charge in [0.1, 0.15) is 17.8 Å². The van der Waals surface area contributed by atoms with Crippen molar-refractivity contribution in [2.24, 2.45) is 29.6 Å². The van der Waals surface area contributed by atoms with Crippen molar-refractivity contribution in [1.29, 1.82) is 0 Å². The van der Waals surface area contributed by atoms with E-state index >= 15 is 0 Å². The standard InChI is InChI=1S/C43H80N2O13/c1-16-32-43(13,51)37(48)26(6)35(53-18-17-44-22-46)24(4)20-41(11,50)38(58-40-34(47)31(19-25(5)54-40)45(14)23(2)3)27(7)36(28(8)39(49)56-32)57-33-21-42(12,52-15)29(9)30(10)55-33/h22-38,40,47-48,50-51H,16-21H2,1-15H3,(H,44,46)/t24-,25-,26+,27+,28-,29+,30+,31+,32-,33?,34-,35+,36+,37-,38-,40+,41-,42-,43-/m1/s1. The first-order valence-electron chi connectivity index (χ1n) is 21.6. The van der Waals surface area contributed by atoms with Crippen LogP contribution >= 0.6 is 0 Å². The summed E-state index contributed by atoms with van der Waals surface area (Å²) in [6, 6.07) is -0.188. The summed E-state index contributed by atoms with van der Waals surface area (Å²) in [5.41, 5.74) is -4.22. The normalized spacial score (nSPS) is 46.4. The van der Waals surface area contributed by atoms with Gasteiger partial charge < -0.3 is 58.9 Å². The zero-order chi connectivity index (χ0) is 44.1. The Kier molecular flexibility index (Phi) is 18.5. The summed E-state index contributed by atoms with van der Waals surface area (Å²) in [7, 11) is 3.61. The SMILES string of the molecule is CC[C@H]1OC(=O)[C@H](C)[C@@H](OC2C[C@@](C)(OC)[C@@H](C)[C@H](C)O2)[C@H](C)[C@@H](O[C@@H]2O[C@H](C)C[C@H](N(C)C(C)C)[C@H]2O)[C@](C)(O)C[C@@H](C)[C@H](OCCNC=O)[C@H](C)[C@@H](O)[C@]1(C)O. The third-order valence-electron chi connectivity index (χ3n) is 13.9. The zero-order valence-corrected chi connectivity index (χ0v) is 38.0. The van der Waals surface area contributed by atoms with Crippen molar-refractivity contribution in [1.82, 2.24) is 10.2 Å². The molecule has 19 atom stereocenters. The number of likely N-dealkylation sites (N-methyl/N-ethyl adjacent to an activating group) is 1. The van der Waals surface area contributed by atoms with Crippen LogP contribution in [0.25, 0.3) is 0 Å². The number of esters is 1. The van der Waals surface area contributed by atoms with Gasteiger partial charge >= 0.3 is 5.97 Å². The van der Waals surface area contributed by atoms with Crippen LogP contribution in [0.15, 0.2) is 0 Å². The second-order valence-electron chi connectivity index (χ2n) is 18.8. The number of aliphatic hydroxyl groups excluding tert-OH is 2. The van der Waals surface area contributed by atoms with Crippen LogP contribution in [0.5, 0.6) is 0 Å². The molecule has 3 aliphatic heterocycles. The van der Waals surface area contributed by atoms with Gasteiger partial charge in [0.25, 0.3) is 0 Å². The first-order valence-corrected chi connectivity index (χ1v) is 21.6. The summed E-state index contributed by atoms with van der Waals surface area (Å²) in [4.78, 5) is 27.5. The van der Waals surface area contributed by atoms with E-state index in [4.69, 9.17) is 33.2 Å². The van der Waals surface area contributed by atoms with Crippen LogP contribution in [0.1, 0.15) is 116 Å². The van der Waals surface area contributed by atoms with Gasteiger partial charge in [-0.1, -0.05) is 34.6 Å². The lowest BCUT2D eigenvalue weighted by Gasteiger charge is -2.50. The molecule has 3 saturated heterocycles. The molecule has 3 fully saturated rings. The molecule has 1 amide bonds. The van der Waals surface area contributed by atoms with Gasteiger partial charge in [-0.25, -0.2) is 0 Å². The fourth-order valence-electron chi connectivity index (χ4n) is 9.65. The number of carbonyl (C=O) groups excluding carboxylic acids is 2. The Morgan fingerprint density at radius 3 is 2.17 bits per heavy atom. The van der Waals surface area contributed by atoms with Crippen LogP contribution in [0.2, 0.25) is 0 Å². The smallest absolute Gasteiger partial charge is 0.311 e. The Balaban J connectivity index is 2.23. The summed E-state index contributed by atoms with van der Waals surface area (Å²) < 4.78 is 44.9. The monoisotopic (exact) mass is 833 g/mol. The van der Waals surface area contributed by atoms with Gasteiger partial charge in [0.2, 0.25) is 6.41 Å². The molecule has 3 rings (SSSR count). The average molecular weight is 833 g/mol. The topological polar surface area (TPSA) is 195 Å². The van der Waals surface area contributed by atoms with Crippen LogP contribution in [0, 0.1) is 29.6 Å². The minimum Gasteiger partial charge on any atom is -0.459 e. The molecule has 0 aromatic heterocycles. The van der Waals surface area contributed by atoms with E-state index in [9.17, 15) is 30.0 Å². The molecule has 0 saturated carbocycles. The fraction of sp³-hybridized carbons (Fsp3) is 0.953. The summed E-state index contributed by atoms with van der Waals surface area (Å²) in [6.45, 7) is 24.3. The lowest BCUT2D eigenvalue weighted by Crippen LogP contribution is -2.61. The van der Waals surface area contributed by atoms with Gasteiger partial charge in [0.05, 0.1) is 60.4 Å². The van der Waals surface area contributed by atoms with Crippen molar-refractivity contribution in [2.75, 3.05) is 27.3 Å². The van der Waals surface area contributed by atoms with Gasteiger partial charge in [-0.2, -0.15) is 0 Å². The largest absolute Gasteiger partial charge is 0.459 e. The Morgan fingerprint density at radius 1 is 0.966 bits per heavy atom. The number of cyclic esters (lactones) is 1. The van der Waals surface area contributed by atoms with E-state index in [2.05, 4.69) is 31.0 Å². The van der Waals surface area contributed by atoms with Gasteiger partial charge in [-0.15, -0.1) is 0 Å². The number of carbonyl (C=O) groups is 2. The highest BCUT2D eigenvalue weighted by Crippen LogP contribution is 2.43. The summed E-state index contributed by atoms with van der Waals surface area (Å²) in [5, 5.41) is 51.2. The predicted octanol–water partition coefficient (Wildman–Crippen LogP) is 3.40. The van der Waals surface area contributed by atoms with Crippen molar-refractivity contribution in [3.8, 4) is 0 Å². The quantitative estimate of drug-likeness (QED) is 0.103. The molecule has 3 heterocycles. The maximum Gasteiger partial charge on any atom is 0.311 e. The summed E-state index contributed by atoms with van der Waals surface area (Å²) in [6.07, 6.45) is -7.34. The maximum absolute atomic E-state index is 14.4. The molecule has 0 aromatic carbocycles. The second-order valence-corrected chi connectivity index (χ2v) is 18.8. The molecule has 0 aromatic rings. The van der Waals surface area contributed by atoms with Gasteiger partial charge in [0, 0.05) is 49.9 Å². The highest BCUT2D eigenvalue weighted by atomic mass is 16.7. The van der Waals surface area contributed by atoms with Crippen molar-refractivity contribution in [3.05, 3.63) is 0 Å². The van der Waals surface area contributed by atoms with E-state index in [0.717, 1.165) is 0 Å². The van der Waals surface area contributed by atoms with Gasteiger partial charge in [-0.05, 0) is 87.6 Å². The molecule has 0 bridgehead atoms. The van der Waals surface area contributed by atoms with Gasteiger partial charge in [-0.3, -0.25) is 14.5 Å². The first kappa shape index (κ1) is 50.9. The molecular weight excluding hydrogens is 752 g/mol. The molecule has 340 valence electrons. The van der Waals surface area contributed by atoms with E-state index in [-0.39, 0.29) is 56.2 Å². The molecule has 1 unspecified atom stereocenters. The van der Waals surface area contributed by atoms with Crippen LogP contribution in [0.3, 0.4) is 0 Å². The van der Waals surface area contributed by atoms with E-state index < -0.39 is 95.6 Å². The molecule has 0 spiro atoms. The Labute approximate surface area is 348 Å². The number of methoxy groups -OCH3 is 1.